The van der Waals surface area contributed by atoms with Gasteiger partial charge in [0.1, 0.15) is 5.75 Å². The van der Waals surface area contributed by atoms with E-state index in [1.54, 1.807) is 31.2 Å². The molecular formula is C17H18N2O4S. The molecule has 0 aliphatic carbocycles. The molecule has 0 fully saturated rings. The van der Waals surface area contributed by atoms with E-state index in [9.17, 15) is 14.4 Å². The summed E-state index contributed by atoms with van der Waals surface area (Å²) in [5.74, 6) is 0.00882. The zero-order valence-electron chi connectivity index (χ0n) is 13.4. The minimum Gasteiger partial charge on any atom is -0.494 e. The second-order valence-electron chi connectivity index (χ2n) is 5.05. The maximum absolute atomic E-state index is 12.3. The van der Waals surface area contributed by atoms with E-state index in [2.05, 4.69) is 4.98 Å². The molecule has 0 saturated carbocycles. The van der Waals surface area contributed by atoms with Gasteiger partial charge in [-0.3, -0.25) is 14.4 Å². The number of ketones is 1. The van der Waals surface area contributed by atoms with Crippen molar-refractivity contribution in [2.24, 2.45) is 5.73 Å². The first-order valence-corrected chi connectivity index (χ1v) is 8.33. The number of nitrogens with one attached hydrogen (secondary N) is 1. The minimum absolute atomic E-state index is 0.0770. The third-order valence-electron chi connectivity index (χ3n) is 3.29. The summed E-state index contributed by atoms with van der Waals surface area (Å²) < 4.78 is 5.33. The van der Waals surface area contributed by atoms with Gasteiger partial charge in [-0.15, -0.1) is 0 Å². The van der Waals surface area contributed by atoms with E-state index >= 15 is 0 Å². The molecule has 1 aromatic heterocycles. The molecule has 0 saturated heterocycles. The Hall–Kier alpha value is -2.54. The van der Waals surface area contributed by atoms with Crippen molar-refractivity contribution in [1.29, 1.82) is 0 Å². The summed E-state index contributed by atoms with van der Waals surface area (Å²) in [6, 6.07) is 8.12. The van der Waals surface area contributed by atoms with Gasteiger partial charge >= 0.3 is 0 Å². The van der Waals surface area contributed by atoms with Crippen molar-refractivity contribution in [3.05, 3.63) is 57.4 Å². The van der Waals surface area contributed by atoms with Gasteiger partial charge in [0.05, 0.1) is 22.9 Å². The molecule has 1 aromatic carbocycles. The quantitative estimate of drug-likeness (QED) is 0.591. The molecule has 24 heavy (non-hydrogen) atoms. The van der Waals surface area contributed by atoms with Crippen LogP contribution in [0.3, 0.4) is 0 Å². The van der Waals surface area contributed by atoms with Crippen LogP contribution in [0, 0.1) is 6.92 Å². The number of pyridine rings is 1. The molecule has 126 valence electrons. The number of hydrogen-bond acceptors (Lipinski definition) is 5. The maximum atomic E-state index is 12.3. The lowest BCUT2D eigenvalue weighted by atomic mass is 10.1. The van der Waals surface area contributed by atoms with Crippen molar-refractivity contribution in [1.82, 2.24) is 4.98 Å². The first-order valence-electron chi connectivity index (χ1n) is 7.35. The van der Waals surface area contributed by atoms with E-state index < -0.39 is 5.91 Å². The fourth-order valence-corrected chi connectivity index (χ4v) is 3.22. The number of amides is 1. The van der Waals surface area contributed by atoms with Crippen LogP contribution in [0.15, 0.2) is 40.2 Å². The Morgan fingerprint density at radius 1 is 1.25 bits per heavy atom. The van der Waals surface area contributed by atoms with Gasteiger partial charge in [-0.1, -0.05) is 11.8 Å². The number of Topliss-reactive ketones (excluding diaryl/α,β-unsaturated/α-hetero) is 1. The number of thioether (sulfide) groups is 1. The third-order valence-corrected chi connectivity index (χ3v) is 4.29. The standard InChI is InChI=1S/C17H18N2O4S/c1-3-23-12-6-4-11(5-7-12)13(20)9-24-17-15(16(18)22)10(2)8-14(21)19-17/h4-8H,3,9H2,1-2H3,(H2,18,22)(H,19,21). The molecule has 7 heteroatoms. The largest absolute Gasteiger partial charge is 0.494 e. The van der Waals surface area contributed by atoms with Crippen LogP contribution in [-0.4, -0.2) is 29.0 Å². The molecule has 2 rings (SSSR count). The summed E-state index contributed by atoms with van der Waals surface area (Å²) in [6.07, 6.45) is 0. The first-order chi connectivity index (χ1) is 11.4. The molecule has 1 heterocycles. The Labute approximate surface area is 143 Å². The highest BCUT2D eigenvalue weighted by Crippen LogP contribution is 2.23. The van der Waals surface area contributed by atoms with Crippen LogP contribution in [-0.2, 0) is 0 Å². The Balaban J connectivity index is 2.14. The molecule has 0 atom stereocenters. The number of ether oxygens (including phenoxy) is 1. The van der Waals surface area contributed by atoms with Crippen LogP contribution in [0.4, 0.5) is 0 Å². The topological polar surface area (TPSA) is 102 Å². The Bertz CT molecular complexity index is 812. The number of aromatic nitrogens is 1. The van der Waals surface area contributed by atoms with E-state index in [1.807, 2.05) is 6.92 Å². The zero-order valence-corrected chi connectivity index (χ0v) is 14.2. The average Bonchev–Trinajstić information content (AvgIpc) is 2.52. The van der Waals surface area contributed by atoms with Gasteiger partial charge in [-0.25, -0.2) is 0 Å². The Kier molecular flexibility index (Phi) is 5.81. The number of aryl methyl sites for hydroxylation is 1. The lowest BCUT2D eigenvalue weighted by Gasteiger charge is -2.09. The summed E-state index contributed by atoms with van der Waals surface area (Å²) >= 11 is 1.08. The summed E-state index contributed by atoms with van der Waals surface area (Å²) in [4.78, 5) is 38.0. The summed E-state index contributed by atoms with van der Waals surface area (Å²) in [5, 5.41) is 0.312. The molecule has 0 aliphatic heterocycles. The molecular weight excluding hydrogens is 328 g/mol. The highest BCUT2D eigenvalue weighted by molar-refractivity contribution is 8.00. The van der Waals surface area contributed by atoms with Crippen molar-refractivity contribution in [3.63, 3.8) is 0 Å². The summed E-state index contributed by atoms with van der Waals surface area (Å²) in [7, 11) is 0. The molecule has 0 spiro atoms. The molecule has 0 bridgehead atoms. The van der Waals surface area contributed by atoms with Gasteiger partial charge in [0.15, 0.2) is 5.78 Å². The van der Waals surface area contributed by atoms with Crippen LogP contribution in [0.25, 0.3) is 0 Å². The van der Waals surface area contributed by atoms with Gasteiger partial charge < -0.3 is 15.5 Å². The van der Waals surface area contributed by atoms with Gasteiger partial charge in [0.25, 0.3) is 5.91 Å². The monoisotopic (exact) mass is 346 g/mol. The number of carbonyl (C=O) groups excluding carboxylic acids is 2. The third kappa shape index (κ3) is 4.26. The van der Waals surface area contributed by atoms with Crippen LogP contribution in [0.2, 0.25) is 0 Å². The highest BCUT2D eigenvalue weighted by Gasteiger charge is 2.15. The van der Waals surface area contributed by atoms with Crippen LogP contribution in [0.5, 0.6) is 5.75 Å². The van der Waals surface area contributed by atoms with E-state index in [-0.39, 0.29) is 22.7 Å². The number of rotatable bonds is 7. The van der Waals surface area contributed by atoms with E-state index in [0.717, 1.165) is 11.8 Å². The molecule has 2 aromatic rings. The fraction of sp³-hybridized carbons (Fsp3) is 0.235. The number of hydrogen-bond donors (Lipinski definition) is 2. The van der Waals surface area contributed by atoms with E-state index in [0.29, 0.717) is 28.5 Å². The van der Waals surface area contributed by atoms with Crippen LogP contribution < -0.4 is 16.0 Å². The minimum atomic E-state index is -0.639. The van der Waals surface area contributed by atoms with Gasteiger partial charge in [0.2, 0.25) is 5.56 Å². The Morgan fingerprint density at radius 3 is 2.50 bits per heavy atom. The number of benzene rings is 1. The lowest BCUT2D eigenvalue weighted by molar-refractivity contribution is 0.0992. The van der Waals surface area contributed by atoms with E-state index in [4.69, 9.17) is 10.5 Å². The molecule has 0 aliphatic rings. The van der Waals surface area contributed by atoms with Crippen molar-refractivity contribution in [3.8, 4) is 5.75 Å². The van der Waals surface area contributed by atoms with Gasteiger partial charge in [-0.2, -0.15) is 0 Å². The van der Waals surface area contributed by atoms with Crippen LogP contribution in [0.1, 0.15) is 33.2 Å². The number of carbonyl (C=O) groups is 2. The van der Waals surface area contributed by atoms with Gasteiger partial charge in [0, 0.05) is 11.6 Å². The molecule has 0 unspecified atom stereocenters. The smallest absolute Gasteiger partial charge is 0.251 e. The molecule has 0 radical (unpaired) electrons. The number of nitrogens with two attached hydrogens (primary N) is 1. The SMILES string of the molecule is CCOc1ccc(C(=O)CSc2[nH]c(=O)cc(C)c2C(N)=O)cc1. The molecule has 1 amide bonds. The second-order valence-corrected chi connectivity index (χ2v) is 6.04. The lowest BCUT2D eigenvalue weighted by Crippen LogP contribution is -2.19. The first kappa shape index (κ1) is 17.8. The second kappa shape index (κ2) is 7.83. The average molecular weight is 346 g/mol. The summed E-state index contributed by atoms with van der Waals surface area (Å²) in [6.45, 7) is 4.07. The van der Waals surface area contributed by atoms with Crippen molar-refractivity contribution >= 4 is 23.5 Å². The highest BCUT2D eigenvalue weighted by atomic mass is 32.2. The normalized spacial score (nSPS) is 10.4. The van der Waals surface area contributed by atoms with Crippen molar-refractivity contribution < 1.29 is 14.3 Å². The predicted octanol–water partition coefficient (Wildman–Crippen LogP) is 2.16. The van der Waals surface area contributed by atoms with Gasteiger partial charge in [-0.05, 0) is 43.7 Å². The van der Waals surface area contributed by atoms with E-state index in [1.165, 1.54) is 6.07 Å². The molecule has 3 N–H and O–H groups in total. The number of H-pyrrole nitrogens is 1. The van der Waals surface area contributed by atoms with Crippen molar-refractivity contribution in [2.45, 2.75) is 18.9 Å². The zero-order chi connectivity index (χ0) is 17.7. The number of primary amides is 1. The molecule has 6 nitrogen and oxygen atoms in total. The summed E-state index contributed by atoms with van der Waals surface area (Å²) in [5.41, 5.74) is 6.27. The van der Waals surface area contributed by atoms with Crippen molar-refractivity contribution in [2.75, 3.05) is 12.4 Å². The fourth-order valence-electron chi connectivity index (χ4n) is 2.20. The Morgan fingerprint density at radius 2 is 1.92 bits per heavy atom. The number of aromatic amines is 1. The maximum Gasteiger partial charge on any atom is 0.251 e. The van der Waals surface area contributed by atoms with Crippen LogP contribution >= 0.6 is 11.8 Å². The predicted molar refractivity (Wildman–Crippen MR) is 93.0 cm³/mol.